The van der Waals surface area contributed by atoms with Gasteiger partial charge < -0.3 is 5.73 Å². The Kier molecular flexibility index (Phi) is 8.44. The van der Waals surface area contributed by atoms with Crippen LogP contribution in [0.15, 0.2) is 11.8 Å². The van der Waals surface area contributed by atoms with E-state index in [0.29, 0.717) is 0 Å². The summed E-state index contributed by atoms with van der Waals surface area (Å²) < 4.78 is 0. The van der Waals surface area contributed by atoms with E-state index in [4.69, 9.17) is 11.0 Å². The topological polar surface area (TPSA) is 49.8 Å². The molecule has 0 radical (unpaired) electrons. The lowest BCUT2D eigenvalue weighted by atomic mass is 10.1. The van der Waals surface area contributed by atoms with E-state index in [0.717, 1.165) is 18.5 Å². The van der Waals surface area contributed by atoms with Gasteiger partial charge in [0.05, 0.1) is 6.07 Å². The summed E-state index contributed by atoms with van der Waals surface area (Å²) in [5.41, 5.74) is 6.28. The minimum atomic E-state index is 0.720. The number of unbranched alkanes of at least 4 members (excludes halogenated alkanes) is 5. The lowest BCUT2D eigenvalue weighted by molar-refractivity contribution is 0.605. The Bertz CT molecular complexity index is 177. The van der Waals surface area contributed by atoms with Crippen LogP contribution in [0.25, 0.3) is 0 Å². The maximum atomic E-state index is 8.30. The molecule has 0 amide bonds. The van der Waals surface area contributed by atoms with Crippen LogP contribution < -0.4 is 5.73 Å². The molecule has 2 heteroatoms. The van der Waals surface area contributed by atoms with E-state index in [1.807, 2.05) is 6.07 Å². The van der Waals surface area contributed by atoms with Crippen molar-refractivity contribution in [2.45, 2.75) is 51.9 Å². The zero-order chi connectivity index (χ0) is 9.94. The molecule has 0 aromatic rings. The summed E-state index contributed by atoms with van der Waals surface area (Å²) in [6.45, 7) is 2.22. The van der Waals surface area contributed by atoms with Crippen molar-refractivity contribution in [3.63, 3.8) is 0 Å². The number of allylic oxidation sites excluding steroid dienone is 2. The minimum absolute atomic E-state index is 0.720. The third-order valence-electron chi connectivity index (χ3n) is 2.07. The van der Waals surface area contributed by atoms with Crippen LogP contribution in [0.3, 0.4) is 0 Å². The van der Waals surface area contributed by atoms with E-state index in [1.54, 1.807) is 0 Å². The fourth-order valence-electron chi connectivity index (χ4n) is 1.26. The summed E-state index contributed by atoms with van der Waals surface area (Å²) in [4.78, 5) is 0. The molecule has 0 heterocycles. The predicted octanol–water partition coefficient (Wildman–Crippen LogP) is 3.10. The van der Waals surface area contributed by atoms with Gasteiger partial charge in [-0.15, -0.1) is 0 Å². The van der Waals surface area contributed by atoms with Crippen LogP contribution in [0.1, 0.15) is 51.9 Å². The van der Waals surface area contributed by atoms with Crippen molar-refractivity contribution in [3.05, 3.63) is 11.8 Å². The Morgan fingerprint density at radius 1 is 1.23 bits per heavy atom. The molecule has 0 aromatic heterocycles. The Morgan fingerprint density at radius 2 is 1.85 bits per heavy atom. The highest BCUT2D eigenvalue weighted by molar-refractivity contribution is 5.09. The molecule has 0 aliphatic carbocycles. The molecular weight excluding hydrogens is 160 g/mol. The van der Waals surface area contributed by atoms with E-state index in [9.17, 15) is 0 Å². The average molecular weight is 180 g/mol. The van der Waals surface area contributed by atoms with Gasteiger partial charge in [-0.3, -0.25) is 0 Å². The molecule has 0 bridgehead atoms. The van der Waals surface area contributed by atoms with Gasteiger partial charge in [0.15, 0.2) is 0 Å². The van der Waals surface area contributed by atoms with Gasteiger partial charge in [0.25, 0.3) is 0 Å². The number of hydrogen-bond acceptors (Lipinski definition) is 2. The molecule has 0 aliphatic heterocycles. The van der Waals surface area contributed by atoms with Gasteiger partial charge in [0.2, 0.25) is 0 Å². The molecule has 0 atom stereocenters. The molecule has 0 saturated heterocycles. The Balaban J connectivity index is 3.17. The van der Waals surface area contributed by atoms with E-state index in [-0.39, 0.29) is 0 Å². The van der Waals surface area contributed by atoms with Gasteiger partial charge in [0, 0.05) is 11.8 Å². The Labute approximate surface area is 81.4 Å². The quantitative estimate of drug-likeness (QED) is 0.483. The first-order chi connectivity index (χ1) is 6.31. The number of rotatable bonds is 7. The largest absolute Gasteiger partial charge is 0.401 e. The summed E-state index contributed by atoms with van der Waals surface area (Å²) >= 11 is 0. The third-order valence-corrected chi connectivity index (χ3v) is 2.07. The van der Waals surface area contributed by atoms with Crippen LogP contribution in [0.2, 0.25) is 0 Å². The van der Waals surface area contributed by atoms with Gasteiger partial charge in [-0.05, 0) is 12.8 Å². The van der Waals surface area contributed by atoms with E-state index in [1.165, 1.54) is 38.2 Å². The molecule has 0 aliphatic rings. The first kappa shape index (κ1) is 12.0. The molecule has 0 aromatic carbocycles. The highest BCUT2D eigenvalue weighted by Crippen LogP contribution is 2.08. The van der Waals surface area contributed by atoms with Gasteiger partial charge in [-0.2, -0.15) is 5.26 Å². The molecule has 0 rings (SSSR count). The summed E-state index contributed by atoms with van der Waals surface area (Å²) in [7, 11) is 0. The van der Waals surface area contributed by atoms with Crippen LogP contribution in [-0.2, 0) is 0 Å². The standard InChI is InChI=1S/C11H20N2/c1-2-3-4-5-6-7-8-11(13)9-10-12/h9H,2-8,13H2,1H3. The lowest BCUT2D eigenvalue weighted by Crippen LogP contribution is -1.96. The Morgan fingerprint density at radius 3 is 2.46 bits per heavy atom. The number of nitriles is 1. The van der Waals surface area contributed by atoms with Crippen LogP contribution in [-0.4, -0.2) is 0 Å². The smallest absolute Gasteiger partial charge is 0.0930 e. The normalized spacial score (nSPS) is 11.2. The zero-order valence-corrected chi connectivity index (χ0v) is 8.55. The fourth-order valence-corrected chi connectivity index (χ4v) is 1.26. The van der Waals surface area contributed by atoms with E-state index < -0.39 is 0 Å². The van der Waals surface area contributed by atoms with E-state index >= 15 is 0 Å². The molecule has 74 valence electrons. The van der Waals surface area contributed by atoms with Crippen molar-refractivity contribution in [2.75, 3.05) is 0 Å². The first-order valence-corrected chi connectivity index (χ1v) is 5.15. The molecule has 13 heavy (non-hydrogen) atoms. The molecule has 2 nitrogen and oxygen atoms in total. The molecule has 0 fully saturated rings. The number of nitrogens with zero attached hydrogens (tertiary/aromatic N) is 1. The fraction of sp³-hybridized carbons (Fsp3) is 0.727. The van der Waals surface area contributed by atoms with Crippen LogP contribution >= 0.6 is 0 Å². The van der Waals surface area contributed by atoms with E-state index in [2.05, 4.69) is 6.92 Å². The highest BCUT2D eigenvalue weighted by atomic mass is 14.6. The average Bonchev–Trinajstić information content (AvgIpc) is 2.11. The maximum absolute atomic E-state index is 8.30. The second kappa shape index (κ2) is 9.12. The van der Waals surface area contributed by atoms with Crippen LogP contribution in [0.5, 0.6) is 0 Å². The molecule has 0 saturated carbocycles. The number of hydrogen-bond donors (Lipinski definition) is 1. The second-order valence-electron chi connectivity index (χ2n) is 3.37. The molecule has 0 spiro atoms. The minimum Gasteiger partial charge on any atom is -0.401 e. The van der Waals surface area contributed by atoms with Crippen molar-refractivity contribution in [1.29, 1.82) is 5.26 Å². The summed E-state index contributed by atoms with van der Waals surface area (Å²) in [5.74, 6) is 0. The Hall–Kier alpha value is -0.970. The number of nitrogens with two attached hydrogens (primary N) is 1. The molecular formula is C11H20N2. The highest BCUT2D eigenvalue weighted by Gasteiger charge is 1.92. The maximum Gasteiger partial charge on any atom is 0.0930 e. The summed E-state index contributed by atoms with van der Waals surface area (Å²) in [6.07, 6.45) is 9.92. The van der Waals surface area contributed by atoms with Crippen molar-refractivity contribution >= 4 is 0 Å². The summed E-state index contributed by atoms with van der Waals surface area (Å²) in [6, 6.07) is 1.94. The van der Waals surface area contributed by atoms with Crippen molar-refractivity contribution in [1.82, 2.24) is 0 Å². The predicted molar refractivity (Wildman–Crippen MR) is 55.9 cm³/mol. The SMILES string of the molecule is CCCCCCCCC(N)=CC#N. The van der Waals surface area contributed by atoms with Gasteiger partial charge in [0.1, 0.15) is 0 Å². The second-order valence-corrected chi connectivity index (χ2v) is 3.37. The molecule has 0 unspecified atom stereocenters. The van der Waals surface area contributed by atoms with Crippen molar-refractivity contribution in [2.24, 2.45) is 5.73 Å². The van der Waals surface area contributed by atoms with Gasteiger partial charge >= 0.3 is 0 Å². The van der Waals surface area contributed by atoms with Crippen LogP contribution in [0.4, 0.5) is 0 Å². The van der Waals surface area contributed by atoms with Crippen molar-refractivity contribution in [3.8, 4) is 6.07 Å². The van der Waals surface area contributed by atoms with Gasteiger partial charge in [-0.25, -0.2) is 0 Å². The molecule has 2 N–H and O–H groups in total. The first-order valence-electron chi connectivity index (χ1n) is 5.15. The lowest BCUT2D eigenvalue weighted by Gasteiger charge is -2.00. The van der Waals surface area contributed by atoms with Crippen molar-refractivity contribution < 1.29 is 0 Å². The van der Waals surface area contributed by atoms with Gasteiger partial charge in [-0.1, -0.05) is 39.0 Å². The third kappa shape index (κ3) is 8.94. The van der Waals surface area contributed by atoms with Crippen LogP contribution in [0, 0.1) is 11.3 Å². The monoisotopic (exact) mass is 180 g/mol. The summed E-state index contributed by atoms with van der Waals surface area (Å²) in [5, 5.41) is 8.30. The zero-order valence-electron chi connectivity index (χ0n) is 8.55.